The van der Waals surface area contributed by atoms with Gasteiger partial charge in [-0.1, -0.05) is 18.2 Å². The largest absolute Gasteiger partial charge is 0.434 e. The van der Waals surface area contributed by atoms with Gasteiger partial charge >= 0.3 is 6.18 Å². The number of hydrogen-bond donors (Lipinski definition) is 2. The van der Waals surface area contributed by atoms with Crippen molar-refractivity contribution in [1.82, 2.24) is 5.43 Å². The minimum absolute atomic E-state index is 0.370. The van der Waals surface area contributed by atoms with Crippen LogP contribution in [0.2, 0.25) is 0 Å². The highest BCUT2D eigenvalue weighted by Gasteiger charge is 2.37. The standard InChI is InChI=1S/C11H7F3N4/c12-11(13,14)10(8(6-15)7-16)18-17-9-4-2-1-3-5-9/h1-5,17-18H. The molecule has 0 aromatic heterocycles. The molecule has 2 N–H and O–H groups in total. The van der Waals surface area contributed by atoms with Gasteiger partial charge in [-0.3, -0.25) is 5.43 Å². The predicted octanol–water partition coefficient (Wildman–Crippen LogP) is 2.47. The first-order valence-electron chi connectivity index (χ1n) is 4.67. The molecule has 0 atom stereocenters. The molecular weight excluding hydrogens is 245 g/mol. The summed E-state index contributed by atoms with van der Waals surface area (Å²) in [4.78, 5) is 0. The molecule has 0 saturated carbocycles. The van der Waals surface area contributed by atoms with Crippen molar-refractivity contribution >= 4 is 5.69 Å². The van der Waals surface area contributed by atoms with Crippen LogP contribution in [0.3, 0.4) is 0 Å². The molecule has 0 radical (unpaired) electrons. The van der Waals surface area contributed by atoms with E-state index >= 15 is 0 Å². The highest BCUT2D eigenvalue weighted by molar-refractivity contribution is 5.45. The van der Waals surface area contributed by atoms with Gasteiger partial charge in [0.25, 0.3) is 0 Å². The molecule has 0 aliphatic rings. The maximum Gasteiger partial charge on any atom is 0.434 e. The van der Waals surface area contributed by atoms with E-state index in [9.17, 15) is 13.2 Å². The van der Waals surface area contributed by atoms with Gasteiger partial charge in [0.2, 0.25) is 0 Å². The zero-order valence-corrected chi connectivity index (χ0v) is 8.92. The van der Waals surface area contributed by atoms with Gasteiger partial charge in [0, 0.05) is 0 Å². The number of para-hydroxylation sites is 1. The number of hydrogen-bond acceptors (Lipinski definition) is 4. The van der Waals surface area contributed by atoms with Crippen molar-refractivity contribution < 1.29 is 13.2 Å². The molecule has 1 aromatic rings. The molecule has 0 aliphatic heterocycles. The third-order valence-electron chi connectivity index (χ3n) is 1.86. The van der Waals surface area contributed by atoms with Gasteiger partial charge in [0.15, 0.2) is 11.3 Å². The Bertz CT molecular complexity index is 504. The molecule has 1 aromatic carbocycles. The minimum Gasteiger partial charge on any atom is -0.301 e. The van der Waals surface area contributed by atoms with E-state index in [1.165, 1.54) is 24.3 Å². The molecule has 0 unspecified atom stereocenters. The maximum absolute atomic E-state index is 12.6. The summed E-state index contributed by atoms with van der Waals surface area (Å²) in [5.41, 5.74) is 2.02. The zero-order valence-electron chi connectivity index (χ0n) is 8.92. The lowest BCUT2D eigenvalue weighted by molar-refractivity contribution is -0.0964. The van der Waals surface area contributed by atoms with Crippen LogP contribution >= 0.6 is 0 Å². The van der Waals surface area contributed by atoms with Gasteiger partial charge in [0.1, 0.15) is 12.1 Å². The van der Waals surface area contributed by atoms with Crippen LogP contribution in [-0.2, 0) is 0 Å². The van der Waals surface area contributed by atoms with E-state index in [4.69, 9.17) is 10.5 Å². The number of benzene rings is 1. The van der Waals surface area contributed by atoms with Crippen LogP contribution in [-0.4, -0.2) is 6.18 Å². The summed E-state index contributed by atoms with van der Waals surface area (Å²) in [7, 11) is 0. The first-order chi connectivity index (χ1) is 8.49. The van der Waals surface area contributed by atoms with E-state index in [-0.39, 0.29) is 0 Å². The molecule has 7 heteroatoms. The molecule has 18 heavy (non-hydrogen) atoms. The maximum atomic E-state index is 12.6. The van der Waals surface area contributed by atoms with Crippen molar-refractivity contribution in [3.05, 3.63) is 41.6 Å². The summed E-state index contributed by atoms with van der Waals surface area (Å²) in [6, 6.07) is 10.4. The third kappa shape index (κ3) is 3.42. The number of nitrogens with one attached hydrogen (secondary N) is 2. The molecule has 1 rings (SSSR count). The fourth-order valence-corrected chi connectivity index (χ4v) is 1.07. The number of halogens is 3. The van der Waals surface area contributed by atoms with Crippen molar-refractivity contribution in [3.63, 3.8) is 0 Å². The SMILES string of the molecule is N#CC(C#N)=C(NNc1ccccc1)C(F)(F)F. The Morgan fingerprint density at radius 2 is 1.61 bits per heavy atom. The average molecular weight is 252 g/mol. The van der Waals surface area contributed by atoms with Gasteiger partial charge in [-0.25, -0.2) is 0 Å². The van der Waals surface area contributed by atoms with Crippen molar-refractivity contribution in [2.24, 2.45) is 0 Å². The van der Waals surface area contributed by atoms with E-state index in [2.05, 4.69) is 5.43 Å². The summed E-state index contributed by atoms with van der Waals surface area (Å²) in [6.45, 7) is 0. The molecule has 0 spiro atoms. The van der Waals surface area contributed by atoms with Crippen molar-refractivity contribution in [3.8, 4) is 12.1 Å². The molecule has 0 heterocycles. The van der Waals surface area contributed by atoms with Gasteiger partial charge in [0.05, 0.1) is 5.69 Å². The summed E-state index contributed by atoms with van der Waals surface area (Å²) < 4.78 is 37.8. The van der Waals surface area contributed by atoms with Crippen LogP contribution in [0.4, 0.5) is 18.9 Å². The summed E-state index contributed by atoms with van der Waals surface area (Å²) in [5, 5.41) is 16.9. The number of allylic oxidation sites excluding steroid dienone is 2. The van der Waals surface area contributed by atoms with Gasteiger partial charge < -0.3 is 5.43 Å². The number of rotatable bonds is 3. The molecule has 0 amide bonds. The summed E-state index contributed by atoms with van der Waals surface area (Å²) >= 11 is 0. The monoisotopic (exact) mass is 252 g/mol. The molecule has 0 fully saturated rings. The average Bonchev–Trinajstić information content (AvgIpc) is 2.34. The van der Waals surface area contributed by atoms with E-state index in [1.54, 1.807) is 18.2 Å². The van der Waals surface area contributed by atoms with E-state index in [0.29, 0.717) is 5.69 Å². The van der Waals surface area contributed by atoms with E-state index < -0.39 is 17.4 Å². The molecular formula is C11H7F3N4. The highest BCUT2D eigenvalue weighted by atomic mass is 19.4. The predicted molar refractivity (Wildman–Crippen MR) is 57.5 cm³/mol. The van der Waals surface area contributed by atoms with Crippen molar-refractivity contribution in [2.45, 2.75) is 6.18 Å². The Labute approximate surface area is 101 Å². The van der Waals surface area contributed by atoms with Crippen LogP contribution in [0.1, 0.15) is 0 Å². The number of nitrogens with zero attached hydrogens (tertiary/aromatic N) is 2. The van der Waals surface area contributed by atoms with Crippen molar-refractivity contribution in [1.29, 1.82) is 10.5 Å². The lowest BCUT2D eigenvalue weighted by Gasteiger charge is -2.15. The van der Waals surface area contributed by atoms with Gasteiger partial charge in [-0.2, -0.15) is 23.7 Å². The van der Waals surface area contributed by atoms with Gasteiger partial charge in [-0.15, -0.1) is 0 Å². The second kappa shape index (κ2) is 5.60. The molecule has 0 aliphatic carbocycles. The fourth-order valence-electron chi connectivity index (χ4n) is 1.07. The lowest BCUT2D eigenvalue weighted by atomic mass is 10.2. The zero-order chi connectivity index (χ0) is 13.6. The minimum atomic E-state index is -4.82. The molecule has 0 bridgehead atoms. The normalized spacial score (nSPS) is 9.83. The van der Waals surface area contributed by atoms with E-state index in [0.717, 1.165) is 0 Å². The lowest BCUT2D eigenvalue weighted by Crippen LogP contribution is -2.32. The fraction of sp³-hybridized carbons (Fsp3) is 0.0909. The Kier molecular flexibility index (Phi) is 4.16. The quantitative estimate of drug-likeness (QED) is 0.640. The van der Waals surface area contributed by atoms with Crippen molar-refractivity contribution in [2.75, 3.05) is 5.43 Å². The summed E-state index contributed by atoms with van der Waals surface area (Å²) in [6.07, 6.45) is -4.82. The van der Waals surface area contributed by atoms with E-state index in [1.807, 2.05) is 5.43 Å². The van der Waals surface area contributed by atoms with Crippen LogP contribution < -0.4 is 10.9 Å². The van der Waals surface area contributed by atoms with Crippen LogP contribution in [0.15, 0.2) is 41.6 Å². The third-order valence-corrected chi connectivity index (χ3v) is 1.86. The Hall–Kier alpha value is -2.67. The number of anilines is 1. The number of alkyl halides is 3. The molecule has 4 nitrogen and oxygen atoms in total. The number of hydrazine groups is 1. The number of nitriles is 2. The van der Waals surface area contributed by atoms with Crippen LogP contribution in [0, 0.1) is 22.7 Å². The second-order valence-corrected chi connectivity index (χ2v) is 3.09. The Morgan fingerprint density at radius 1 is 1.06 bits per heavy atom. The Balaban J connectivity index is 2.94. The van der Waals surface area contributed by atoms with Crippen LogP contribution in [0.5, 0.6) is 0 Å². The molecule has 92 valence electrons. The second-order valence-electron chi connectivity index (χ2n) is 3.09. The Morgan fingerprint density at radius 3 is 2.06 bits per heavy atom. The van der Waals surface area contributed by atoms with Gasteiger partial charge in [-0.05, 0) is 12.1 Å². The first kappa shape index (κ1) is 13.4. The topological polar surface area (TPSA) is 71.6 Å². The van der Waals surface area contributed by atoms with Crippen LogP contribution in [0.25, 0.3) is 0 Å². The smallest absolute Gasteiger partial charge is 0.301 e. The summed E-state index contributed by atoms with van der Waals surface area (Å²) in [5.74, 6) is 0. The highest BCUT2D eigenvalue weighted by Crippen LogP contribution is 2.25. The molecule has 0 saturated heterocycles. The first-order valence-corrected chi connectivity index (χ1v) is 4.67.